The molecule has 1 aliphatic carbocycles. The van der Waals surface area contributed by atoms with Gasteiger partial charge in [0.05, 0.1) is 5.60 Å². The van der Waals surface area contributed by atoms with E-state index in [0.717, 1.165) is 58.1 Å². The van der Waals surface area contributed by atoms with Crippen LogP contribution in [0.5, 0.6) is 0 Å². The minimum absolute atomic E-state index is 0.0252. The average molecular weight is 296 g/mol. The zero-order valence-electron chi connectivity index (χ0n) is 13.7. The van der Waals surface area contributed by atoms with Gasteiger partial charge in [-0.25, -0.2) is 0 Å². The molecule has 0 aromatic rings. The van der Waals surface area contributed by atoms with Crippen molar-refractivity contribution in [3.05, 3.63) is 0 Å². The number of hydrogen-bond acceptors (Lipinski definition) is 3. The molecule has 3 unspecified atom stereocenters. The van der Waals surface area contributed by atoms with Crippen LogP contribution in [0, 0.1) is 11.8 Å². The normalized spacial score (nSPS) is 32.6. The third-order valence-electron chi connectivity index (χ3n) is 5.61. The highest BCUT2D eigenvalue weighted by Crippen LogP contribution is 2.32. The second kappa shape index (κ2) is 7.59. The highest BCUT2D eigenvalue weighted by molar-refractivity contribution is 5.79. The molecule has 1 saturated heterocycles. The summed E-state index contributed by atoms with van der Waals surface area (Å²) >= 11 is 0. The summed E-state index contributed by atoms with van der Waals surface area (Å²) in [5.41, 5.74) is 5.75. The van der Waals surface area contributed by atoms with Crippen molar-refractivity contribution in [1.29, 1.82) is 0 Å². The number of carbonyl (C=O) groups excluding carboxylic acids is 1. The molecular formula is C17H32N2O2. The quantitative estimate of drug-likeness (QED) is 0.819. The number of nitrogens with one attached hydrogen (secondary N) is 1. The highest BCUT2D eigenvalue weighted by Gasteiger charge is 2.36. The van der Waals surface area contributed by atoms with Gasteiger partial charge in [0.15, 0.2) is 0 Å². The molecule has 1 amide bonds. The first kappa shape index (κ1) is 16.8. The van der Waals surface area contributed by atoms with Gasteiger partial charge in [-0.1, -0.05) is 20.3 Å². The van der Waals surface area contributed by atoms with Crippen LogP contribution in [0.1, 0.15) is 65.2 Å². The summed E-state index contributed by atoms with van der Waals surface area (Å²) in [4.78, 5) is 12.5. The van der Waals surface area contributed by atoms with Crippen molar-refractivity contribution < 1.29 is 9.53 Å². The molecule has 0 bridgehead atoms. The summed E-state index contributed by atoms with van der Waals surface area (Å²) in [6, 6.07) is 0.282. The Hall–Kier alpha value is -0.610. The second-order valence-corrected chi connectivity index (χ2v) is 6.90. The Morgan fingerprint density at radius 1 is 1.29 bits per heavy atom. The van der Waals surface area contributed by atoms with Gasteiger partial charge < -0.3 is 15.8 Å². The van der Waals surface area contributed by atoms with E-state index < -0.39 is 0 Å². The van der Waals surface area contributed by atoms with Gasteiger partial charge in [-0.3, -0.25) is 4.79 Å². The van der Waals surface area contributed by atoms with E-state index in [4.69, 9.17) is 10.5 Å². The summed E-state index contributed by atoms with van der Waals surface area (Å²) in [6.07, 6.45) is 8.27. The zero-order chi connectivity index (χ0) is 15.3. The van der Waals surface area contributed by atoms with Crippen molar-refractivity contribution in [2.75, 3.05) is 13.2 Å². The average Bonchev–Trinajstić information content (AvgIpc) is 2.55. The molecule has 2 rings (SSSR count). The van der Waals surface area contributed by atoms with Gasteiger partial charge >= 0.3 is 0 Å². The van der Waals surface area contributed by atoms with Crippen molar-refractivity contribution in [2.45, 2.75) is 76.9 Å². The monoisotopic (exact) mass is 296 g/mol. The Kier molecular flexibility index (Phi) is 6.06. The first-order valence-corrected chi connectivity index (χ1v) is 8.77. The predicted octanol–water partition coefficient (Wildman–Crippen LogP) is 2.61. The molecular weight excluding hydrogens is 264 g/mol. The molecule has 3 atom stereocenters. The lowest BCUT2D eigenvalue weighted by molar-refractivity contribution is -0.131. The first-order chi connectivity index (χ1) is 10.1. The van der Waals surface area contributed by atoms with E-state index in [1.165, 1.54) is 6.42 Å². The van der Waals surface area contributed by atoms with Crippen molar-refractivity contribution in [2.24, 2.45) is 17.6 Å². The van der Waals surface area contributed by atoms with Gasteiger partial charge in [0.2, 0.25) is 5.91 Å². The van der Waals surface area contributed by atoms with Crippen LogP contribution in [0.3, 0.4) is 0 Å². The topological polar surface area (TPSA) is 64.4 Å². The largest absolute Gasteiger partial charge is 0.375 e. The van der Waals surface area contributed by atoms with Crippen molar-refractivity contribution in [3.8, 4) is 0 Å². The molecule has 3 N–H and O–H groups in total. The summed E-state index contributed by atoms with van der Waals surface area (Å²) in [5.74, 6) is 0.962. The maximum atomic E-state index is 12.5. The molecule has 4 heteroatoms. The van der Waals surface area contributed by atoms with E-state index >= 15 is 0 Å². The molecule has 0 aromatic heterocycles. The Labute approximate surface area is 129 Å². The predicted molar refractivity (Wildman–Crippen MR) is 84.9 cm³/mol. The fraction of sp³-hybridized carbons (Fsp3) is 0.941. The van der Waals surface area contributed by atoms with Crippen LogP contribution in [0.2, 0.25) is 0 Å². The number of hydrogen-bond donors (Lipinski definition) is 2. The van der Waals surface area contributed by atoms with E-state index in [0.29, 0.717) is 5.92 Å². The smallest absolute Gasteiger partial charge is 0.223 e. The van der Waals surface area contributed by atoms with Crippen LogP contribution in [-0.2, 0) is 9.53 Å². The Bertz CT molecular complexity index is 342. The highest BCUT2D eigenvalue weighted by atomic mass is 16.5. The van der Waals surface area contributed by atoms with Gasteiger partial charge in [0.1, 0.15) is 0 Å². The van der Waals surface area contributed by atoms with E-state index in [2.05, 4.69) is 19.2 Å². The van der Waals surface area contributed by atoms with Gasteiger partial charge in [-0.2, -0.15) is 0 Å². The van der Waals surface area contributed by atoms with Crippen molar-refractivity contribution in [1.82, 2.24) is 5.32 Å². The molecule has 0 spiro atoms. The molecule has 2 aliphatic rings. The van der Waals surface area contributed by atoms with E-state index in [9.17, 15) is 4.79 Å². The molecule has 122 valence electrons. The van der Waals surface area contributed by atoms with E-state index in [-0.39, 0.29) is 23.5 Å². The van der Waals surface area contributed by atoms with Gasteiger partial charge in [-0.05, 0) is 57.4 Å². The Morgan fingerprint density at radius 2 is 2.05 bits per heavy atom. The van der Waals surface area contributed by atoms with Crippen molar-refractivity contribution >= 4 is 5.91 Å². The van der Waals surface area contributed by atoms with Gasteiger partial charge in [-0.15, -0.1) is 0 Å². The molecule has 4 nitrogen and oxygen atoms in total. The number of nitrogens with two attached hydrogens (primary N) is 1. The molecule has 1 aliphatic heterocycles. The van der Waals surface area contributed by atoms with Crippen LogP contribution in [0.4, 0.5) is 0 Å². The van der Waals surface area contributed by atoms with Gasteiger partial charge in [0, 0.05) is 18.6 Å². The fourth-order valence-electron chi connectivity index (χ4n) is 3.96. The van der Waals surface area contributed by atoms with Crippen molar-refractivity contribution in [3.63, 3.8) is 0 Å². The lowest BCUT2D eigenvalue weighted by atomic mass is 9.80. The Morgan fingerprint density at radius 3 is 2.71 bits per heavy atom. The third kappa shape index (κ3) is 4.19. The van der Waals surface area contributed by atoms with Gasteiger partial charge in [0.25, 0.3) is 0 Å². The minimum Gasteiger partial charge on any atom is -0.375 e. The Balaban J connectivity index is 1.87. The summed E-state index contributed by atoms with van der Waals surface area (Å²) in [6.45, 7) is 5.85. The van der Waals surface area contributed by atoms with E-state index in [1.807, 2.05) is 0 Å². The number of ether oxygens (including phenoxy) is 1. The van der Waals surface area contributed by atoms with Crippen LogP contribution in [0.15, 0.2) is 0 Å². The van der Waals surface area contributed by atoms with Crippen LogP contribution >= 0.6 is 0 Å². The van der Waals surface area contributed by atoms with Crippen LogP contribution in [0.25, 0.3) is 0 Å². The third-order valence-corrected chi connectivity index (χ3v) is 5.61. The first-order valence-electron chi connectivity index (χ1n) is 8.77. The second-order valence-electron chi connectivity index (χ2n) is 6.90. The molecule has 0 radical (unpaired) electrons. The van der Waals surface area contributed by atoms with Crippen LogP contribution in [-0.4, -0.2) is 30.7 Å². The molecule has 0 aromatic carbocycles. The maximum absolute atomic E-state index is 12.5. The number of carbonyl (C=O) groups is 1. The zero-order valence-corrected chi connectivity index (χ0v) is 13.7. The summed E-state index contributed by atoms with van der Waals surface area (Å²) in [7, 11) is 0. The molecule has 1 heterocycles. The fourth-order valence-corrected chi connectivity index (χ4v) is 3.96. The molecule has 21 heavy (non-hydrogen) atoms. The van der Waals surface area contributed by atoms with E-state index in [1.54, 1.807) is 0 Å². The lowest BCUT2D eigenvalue weighted by Crippen LogP contribution is -2.49. The summed E-state index contributed by atoms with van der Waals surface area (Å²) in [5, 5.41) is 3.30. The lowest BCUT2D eigenvalue weighted by Gasteiger charge is -2.40. The number of amides is 1. The summed E-state index contributed by atoms with van der Waals surface area (Å²) < 4.78 is 5.99. The van der Waals surface area contributed by atoms with Crippen LogP contribution < -0.4 is 11.1 Å². The minimum atomic E-state index is -0.0252. The number of rotatable bonds is 5. The maximum Gasteiger partial charge on any atom is 0.223 e. The standard InChI is InChI=1S/C17H32N2O2/c1-3-17(4-2)11-15(8-9-21-17)19-16(20)14-7-5-6-13(10-14)12-18/h13-15H,3-12,18H2,1-2H3,(H,19,20). The molecule has 1 saturated carbocycles. The SMILES string of the molecule is CCC1(CC)CC(NC(=O)C2CCCC(CN)C2)CCO1. The molecule has 2 fully saturated rings.